The van der Waals surface area contributed by atoms with Crippen LogP contribution >= 0.6 is 11.6 Å². The molecule has 0 fully saturated rings. The predicted octanol–water partition coefficient (Wildman–Crippen LogP) is 2.61. The fraction of sp³-hybridized carbons (Fsp3) is 0.167. The molecular weight excluding hydrogens is 224 g/mol. The first-order valence-corrected chi connectivity index (χ1v) is 5.26. The molecule has 2 rings (SSSR count). The van der Waals surface area contributed by atoms with E-state index in [1.165, 1.54) is 0 Å². The molecule has 4 heteroatoms. The van der Waals surface area contributed by atoms with E-state index in [2.05, 4.69) is 5.10 Å². The summed E-state index contributed by atoms with van der Waals surface area (Å²) < 4.78 is 1.64. The van der Waals surface area contributed by atoms with Crippen molar-refractivity contribution in [1.82, 2.24) is 9.78 Å². The number of nitrogens with zero attached hydrogens (tertiary/aromatic N) is 2. The summed E-state index contributed by atoms with van der Waals surface area (Å²) in [7, 11) is 1.80. The molecule has 0 saturated heterocycles. The van der Waals surface area contributed by atoms with Crippen LogP contribution in [-0.4, -0.2) is 15.6 Å². The van der Waals surface area contributed by atoms with E-state index in [9.17, 15) is 4.79 Å². The topological polar surface area (TPSA) is 34.9 Å². The van der Waals surface area contributed by atoms with Crippen molar-refractivity contribution < 1.29 is 4.79 Å². The number of aryl methyl sites for hydroxylation is 2. The van der Waals surface area contributed by atoms with Crippen LogP contribution in [-0.2, 0) is 7.05 Å². The molecule has 0 bridgehead atoms. The Bertz CT molecular complexity index is 528. The minimum Gasteiger partial charge on any atom is -0.288 e. The van der Waals surface area contributed by atoms with Gasteiger partial charge in [0.1, 0.15) is 0 Å². The van der Waals surface area contributed by atoms with Crippen molar-refractivity contribution in [3.05, 3.63) is 52.3 Å². The summed E-state index contributed by atoms with van der Waals surface area (Å²) in [4.78, 5) is 12.1. The van der Waals surface area contributed by atoms with Crippen molar-refractivity contribution in [1.29, 1.82) is 0 Å². The highest BCUT2D eigenvalue weighted by Crippen LogP contribution is 2.15. The lowest BCUT2D eigenvalue weighted by atomic mass is 10.0. The zero-order valence-electron chi connectivity index (χ0n) is 9.07. The van der Waals surface area contributed by atoms with Gasteiger partial charge in [-0.25, -0.2) is 0 Å². The Balaban J connectivity index is 2.39. The molecule has 0 aliphatic rings. The van der Waals surface area contributed by atoms with E-state index in [-0.39, 0.29) is 5.78 Å². The van der Waals surface area contributed by atoms with Crippen LogP contribution in [0.15, 0.2) is 30.5 Å². The van der Waals surface area contributed by atoms with Crippen LogP contribution in [0.2, 0.25) is 5.02 Å². The largest absolute Gasteiger partial charge is 0.288 e. The van der Waals surface area contributed by atoms with Crippen LogP contribution < -0.4 is 0 Å². The lowest BCUT2D eigenvalue weighted by molar-refractivity contribution is 0.103. The van der Waals surface area contributed by atoms with Gasteiger partial charge in [0.15, 0.2) is 5.78 Å². The van der Waals surface area contributed by atoms with Crippen molar-refractivity contribution in [3.8, 4) is 0 Å². The molecular formula is C12H11ClN2O. The van der Waals surface area contributed by atoms with E-state index in [0.717, 1.165) is 5.69 Å². The molecule has 0 aliphatic carbocycles. The van der Waals surface area contributed by atoms with Gasteiger partial charge >= 0.3 is 0 Å². The van der Waals surface area contributed by atoms with Crippen molar-refractivity contribution in [2.75, 3.05) is 0 Å². The number of ketones is 1. The average molecular weight is 235 g/mol. The maximum atomic E-state index is 12.1. The first kappa shape index (κ1) is 10.9. The molecule has 0 saturated carbocycles. The highest BCUT2D eigenvalue weighted by molar-refractivity contribution is 6.30. The molecule has 3 nitrogen and oxygen atoms in total. The van der Waals surface area contributed by atoms with Crippen molar-refractivity contribution in [2.24, 2.45) is 7.05 Å². The Kier molecular flexibility index (Phi) is 2.79. The average Bonchev–Trinajstić information content (AvgIpc) is 2.58. The highest BCUT2D eigenvalue weighted by atomic mass is 35.5. The number of halogens is 1. The van der Waals surface area contributed by atoms with Gasteiger partial charge in [-0.05, 0) is 31.2 Å². The Hall–Kier alpha value is -1.61. The highest BCUT2D eigenvalue weighted by Gasteiger charge is 2.14. The van der Waals surface area contributed by atoms with Gasteiger partial charge in [-0.3, -0.25) is 9.48 Å². The second-order valence-corrected chi connectivity index (χ2v) is 4.07. The van der Waals surface area contributed by atoms with Gasteiger partial charge in [-0.1, -0.05) is 11.6 Å². The minimum atomic E-state index is -0.0257. The Morgan fingerprint density at radius 1 is 1.31 bits per heavy atom. The van der Waals surface area contributed by atoms with Gasteiger partial charge in [0.2, 0.25) is 0 Å². The molecule has 0 unspecified atom stereocenters. The number of rotatable bonds is 2. The molecule has 0 aliphatic heterocycles. The number of hydrogen-bond donors (Lipinski definition) is 0. The van der Waals surface area contributed by atoms with Gasteiger partial charge in [-0.15, -0.1) is 0 Å². The number of benzene rings is 1. The molecule has 0 amide bonds. The molecule has 1 heterocycles. The molecule has 1 aromatic carbocycles. The monoisotopic (exact) mass is 234 g/mol. The molecule has 2 aromatic rings. The Morgan fingerprint density at radius 2 is 1.94 bits per heavy atom. The molecule has 0 atom stereocenters. The van der Waals surface area contributed by atoms with E-state index < -0.39 is 0 Å². The molecule has 0 N–H and O–H groups in total. The van der Waals surface area contributed by atoms with E-state index in [1.807, 2.05) is 6.92 Å². The number of carbonyl (C=O) groups is 1. The summed E-state index contributed by atoms with van der Waals surface area (Å²) in [5.74, 6) is -0.0257. The normalized spacial score (nSPS) is 10.4. The molecule has 0 radical (unpaired) electrons. The summed E-state index contributed by atoms with van der Waals surface area (Å²) in [5, 5.41) is 4.77. The van der Waals surface area contributed by atoms with Crippen LogP contribution in [0.1, 0.15) is 21.6 Å². The smallest absolute Gasteiger partial charge is 0.196 e. The summed E-state index contributed by atoms with van der Waals surface area (Å²) in [6, 6.07) is 6.86. The maximum absolute atomic E-state index is 12.1. The standard InChI is InChI=1S/C12H11ClN2O/c1-8-11(7-15(2)14-8)12(16)9-3-5-10(13)6-4-9/h3-7H,1-2H3. The van der Waals surface area contributed by atoms with E-state index in [1.54, 1.807) is 42.2 Å². The molecule has 0 spiro atoms. The van der Waals surface area contributed by atoms with Crippen LogP contribution in [0.4, 0.5) is 0 Å². The molecule has 16 heavy (non-hydrogen) atoms. The zero-order valence-corrected chi connectivity index (χ0v) is 9.82. The number of hydrogen-bond acceptors (Lipinski definition) is 2. The SMILES string of the molecule is Cc1nn(C)cc1C(=O)c1ccc(Cl)cc1. The Labute approximate surface area is 98.7 Å². The van der Waals surface area contributed by atoms with Crippen molar-refractivity contribution in [2.45, 2.75) is 6.92 Å². The van der Waals surface area contributed by atoms with Crippen LogP contribution in [0.5, 0.6) is 0 Å². The third kappa shape index (κ3) is 1.99. The predicted molar refractivity (Wildman–Crippen MR) is 62.8 cm³/mol. The van der Waals surface area contributed by atoms with E-state index >= 15 is 0 Å². The summed E-state index contributed by atoms with van der Waals surface area (Å²) in [6.07, 6.45) is 1.73. The van der Waals surface area contributed by atoms with Gasteiger partial charge < -0.3 is 0 Å². The summed E-state index contributed by atoms with van der Waals surface area (Å²) >= 11 is 5.77. The summed E-state index contributed by atoms with van der Waals surface area (Å²) in [6.45, 7) is 1.82. The zero-order chi connectivity index (χ0) is 11.7. The fourth-order valence-electron chi connectivity index (χ4n) is 1.58. The van der Waals surface area contributed by atoms with Gasteiger partial charge in [0.25, 0.3) is 0 Å². The molecule has 1 aromatic heterocycles. The van der Waals surface area contributed by atoms with Crippen LogP contribution in [0.3, 0.4) is 0 Å². The lowest BCUT2D eigenvalue weighted by Crippen LogP contribution is -2.01. The lowest BCUT2D eigenvalue weighted by Gasteiger charge is -1.99. The quantitative estimate of drug-likeness (QED) is 0.749. The van der Waals surface area contributed by atoms with Gasteiger partial charge in [-0.2, -0.15) is 5.10 Å². The third-order valence-corrected chi connectivity index (χ3v) is 2.62. The Morgan fingerprint density at radius 3 is 2.44 bits per heavy atom. The minimum absolute atomic E-state index is 0.0257. The first-order chi connectivity index (χ1) is 7.58. The van der Waals surface area contributed by atoms with E-state index in [4.69, 9.17) is 11.6 Å². The van der Waals surface area contributed by atoms with Gasteiger partial charge in [0.05, 0.1) is 11.3 Å². The van der Waals surface area contributed by atoms with Crippen molar-refractivity contribution in [3.63, 3.8) is 0 Å². The number of aromatic nitrogens is 2. The second-order valence-electron chi connectivity index (χ2n) is 3.64. The second kappa shape index (κ2) is 4.10. The third-order valence-electron chi connectivity index (χ3n) is 2.36. The fourth-order valence-corrected chi connectivity index (χ4v) is 1.71. The molecule has 82 valence electrons. The summed E-state index contributed by atoms with van der Waals surface area (Å²) in [5.41, 5.74) is 1.99. The van der Waals surface area contributed by atoms with Crippen LogP contribution in [0, 0.1) is 6.92 Å². The number of carbonyl (C=O) groups excluding carboxylic acids is 1. The maximum Gasteiger partial charge on any atom is 0.196 e. The van der Waals surface area contributed by atoms with Crippen molar-refractivity contribution >= 4 is 17.4 Å². The first-order valence-electron chi connectivity index (χ1n) is 4.88. The van der Waals surface area contributed by atoms with Gasteiger partial charge in [0, 0.05) is 23.8 Å². The van der Waals surface area contributed by atoms with Crippen LogP contribution in [0.25, 0.3) is 0 Å². The van der Waals surface area contributed by atoms with E-state index in [0.29, 0.717) is 16.1 Å².